The zero-order chi connectivity index (χ0) is 21.9. The minimum atomic E-state index is -3.21. The van der Waals surface area contributed by atoms with E-state index in [1.54, 1.807) is 0 Å². The molecule has 2 aromatic rings. The van der Waals surface area contributed by atoms with E-state index in [-0.39, 0.29) is 48.1 Å². The number of sulfone groups is 1. The molecule has 1 fully saturated rings. The molecule has 1 aromatic heterocycles. The first-order valence-electron chi connectivity index (χ1n) is 8.88. The van der Waals surface area contributed by atoms with Crippen molar-refractivity contribution in [2.45, 2.75) is 6.54 Å². The number of carbonyl (C=O) groups excluding carboxylic acids is 2. The topological polar surface area (TPSA) is 126 Å². The van der Waals surface area contributed by atoms with Crippen molar-refractivity contribution in [3.05, 3.63) is 59.3 Å². The van der Waals surface area contributed by atoms with Gasteiger partial charge in [-0.2, -0.15) is 0 Å². The highest BCUT2D eigenvalue weighted by atomic mass is 32.2. The van der Waals surface area contributed by atoms with Gasteiger partial charge in [0.15, 0.2) is 9.84 Å². The van der Waals surface area contributed by atoms with Crippen molar-refractivity contribution in [3.63, 3.8) is 0 Å². The van der Waals surface area contributed by atoms with E-state index in [9.17, 15) is 26.8 Å². The number of hydrazine groups is 1. The van der Waals surface area contributed by atoms with Crippen LogP contribution in [-0.4, -0.2) is 54.8 Å². The number of hydrogen-bond donors (Lipinski definition) is 2. The summed E-state index contributed by atoms with van der Waals surface area (Å²) >= 11 is 0. The van der Waals surface area contributed by atoms with Crippen LogP contribution in [0, 0.1) is 11.6 Å². The van der Waals surface area contributed by atoms with Gasteiger partial charge in [0.25, 0.3) is 5.91 Å². The van der Waals surface area contributed by atoms with Gasteiger partial charge in [-0.1, -0.05) is 6.07 Å². The van der Waals surface area contributed by atoms with E-state index in [4.69, 9.17) is 5.84 Å². The first-order chi connectivity index (χ1) is 14.2. The zero-order valence-electron chi connectivity index (χ0n) is 15.7. The Bertz CT molecular complexity index is 1050. The molecule has 12 heteroatoms. The molecule has 0 aliphatic carbocycles. The fourth-order valence-corrected chi connectivity index (χ4v) is 4.12. The van der Waals surface area contributed by atoms with E-state index in [2.05, 4.69) is 4.98 Å². The molecule has 1 aliphatic rings. The molecule has 3 amide bonds. The highest BCUT2D eigenvalue weighted by Gasteiger charge is 2.30. The highest BCUT2D eigenvalue weighted by Crippen LogP contribution is 2.21. The largest absolute Gasteiger partial charge is 0.326 e. The number of urea groups is 1. The number of benzene rings is 1. The van der Waals surface area contributed by atoms with E-state index >= 15 is 0 Å². The van der Waals surface area contributed by atoms with E-state index < -0.39 is 33.4 Å². The maximum Gasteiger partial charge on any atom is 0.326 e. The lowest BCUT2D eigenvalue weighted by atomic mass is 10.1. The summed E-state index contributed by atoms with van der Waals surface area (Å²) in [6, 6.07) is 5.42. The Morgan fingerprint density at radius 2 is 1.87 bits per heavy atom. The summed E-state index contributed by atoms with van der Waals surface area (Å²) in [6.07, 6.45) is 0.918. The lowest BCUT2D eigenvalue weighted by Crippen LogP contribution is -2.50. The van der Waals surface area contributed by atoms with Gasteiger partial charge in [-0.25, -0.2) is 32.8 Å². The minimum Gasteiger partial charge on any atom is -0.322 e. The summed E-state index contributed by atoms with van der Waals surface area (Å²) in [5, 5.41) is 0. The van der Waals surface area contributed by atoms with E-state index in [1.807, 2.05) is 5.43 Å². The van der Waals surface area contributed by atoms with Gasteiger partial charge in [0.2, 0.25) is 0 Å². The van der Waals surface area contributed by atoms with Crippen molar-refractivity contribution in [2.75, 3.05) is 29.5 Å². The third-order valence-electron chi connectivity index (χ3n) is 4.61. The molecule has 1 saturated heterocycles. The molecule has 9 nitrogen and oxygen atoms in total. The molecule has 0 atom stereocenters. The summed E-state index contributed by atoms with van der Waals surface area (Å²) in [4.78, 5) is 30.9. The maximum absolute atomic E-state index is 14.6. The van der Waals surface area contributed by atoms with Crippen LogP contribution in [0.15, 0.2) is 36.5 Å². The number of halogens is 2. The summed E-state index contributed by atoms with van der Waals surface area (Å²) < 4.78 is 51.1. The molecule has 3 N–H and O–H groups in total. The van der Waals surface area contributed by atoms with Gasteiger partial charge in [0.05, 0.1) is 24.2 Å². The van der Waals surface area contributed by atoms with Crippen LogP contribution in [0.2, 0.25) is 0 Å². The molecule has 3 rings (SSSR count). The second kappa shape index (κ2) is 8.71. The SMILES string of the molecule is NNC(=O)c1ccc(CN(C(=O)N2CCS(=O)(=O)CC2)c2ccc(F)cn2)c(F)c1. The first kappa shape index (κ1) is 21.6. The molecule has 0 bridgehead atoms. The van der Waals surface area contributed by atoms with Gasteiger partial charge in [-0.15, -0.1) is 0 Å². The van der Waals surface area contributed by atoms with Crippen LogP contribution in [0.4, 0.5) is 19.4 Å². The number of anilines is 1. The number of nitrogens with one attached hydrogen (secondary N) is 1. The molecule has 0 saturated carbocycles. The smallest absolute Gasteiger partial charge is 0.322 e. The molecular weight excluding hydrogens is 420 g/mol. The normalized spacial score (nSPS) is 15.5. The maximum atomic E-state index is 14.6. The molecule has 30 heavy (non-hydrogen) atoms. The number of nitrogens with two attached hydrogens (primary N) is 1. The number of rotatable bonds is 4. The van der Waals surface area contributed by atoms with Crippen molar-refractivity contribution in [2.24, 2.45) is 5.84 Å². The molecule has 1 aromatic carbocycles. The lowest BCUT2D eigenvalue weighted by molar-refractivity contribution is 0.0953. The van der Waals surface area contributed by atoms with E-state index in [0.29, 0.717) is 0 Å². The van der Waals surface area contributed by atoms with Crippen LogP contribution in [0.3, 0.4) is 0 Å². The van der Waals surface area contributed by atoms with E-state index in [1.165, 1.54) is 23.1 Å². The van der Waals surface area contributed by atoms with Crippen LogP contribution in [-0.2, 0) is 16.4 Å². The molecule has 160 valence electrons. The molecule has 0 unspecified atom stereocenters. The zero-order valence-corrected chi connectivity index (χ0v) is 16.5. The number of amides is 3. The summed E-state index contributed by atoms with van der Waals surface area (Å²) in [5.41, 5.74) is 1.97. The number of nitrogens with zero attached hydrogens (tertiary/aromatic N) is 3. The third-order valence-corrected chi connectivity index (χ3v) is 6.22. The number of hydrogen-bond acceptors (Lipinski definition) is 6. The monoisotopic (exact) mass is 439 g/mol. The third kappa shape index (κ3) is 4.89. The molecule has 0 spiro atoms. The average Bonchev–Trinajstić information content (AvgIpc) is 2.72. The summed E-state index contributed by atoms with van der Waals surface area (Å²) in [6.45, 7) is -0.301. The summed E-state index contributed by atoms with van der Waals surface area (Å²) in [5.74, 6) is 2.71. The lowest BCUT2D eigenvalue weighted by Gasteiger charge is -2.32. The van der Waals surface area contributed by atoms with Gasteiger partial charge in [0.1, 0.15) is 17.5 Å². The summed E-state index contributed by atoms with van der Waals surface area (Å²) in [7, 11) is -3.21. The van der Waals surface area contributed by atoms with Gasteiger partial charge in [-0.05, 0) is 24.3 Å². The van der Waals surface area contributed by atoms with Gasteiger partial charge < -0.3 is 4.90 Å². The second-order valence-electron chi connectivity index (χ2n) is 6.62. The van der Waals surface area contributed by atoms with Crippen molar-refractivity contribution < 1.29 is 26.8 Å². The Labute approximate surface area is 171 Å². The van der Waals surface area contributed by atoms with Crippen LogP contribution < -0.4 is 16.2 Å². The Hall–Kier alpha value is -3.12. The minimum absolute atomic E-state index is 0.00206. The predicted molar refractivity (Wildman–Crippen MR) is 104 cm³/mol. The number of nitrogen functional groups attached to an aromatic ring is 1. The Morgan fingerprint density at radius 3 is 2.43 bits per heavy atom. The predicted octanol–water partition coefficient (Wildman–Crippen LogP) is 0.820. The van der Waals surface area contributed by atoms with Gasteiger partial charge in [-0.3, -0.25) is 15.1 Å². The van der Waals surface area contributed by atoms with Gasteiger partial charge >= 0.3 is 6.03 Å². The van der Waals surface area contributed by atoms with Crippen LogP contribution >= 0.6 is 0 Å². The highest BCUT2D eigenvalue weighted by molar-refractivity contribution is 7.91. The molecule has 1 aliphatic heterocycles. The Balaban J connectivity index is 1.89. The van der Waals surface area contributed by atoms with Gasteiger partial charge in [0, 0.05) is 24.2 Å². The van der Waals surface area contributed by atoms with E-state index in [0.717, 1.165) is 23.2 Å². The Kier molecular flexibility index (Phi) is 6.27. The van der Waals surface area contributed by atoms with Crippen LogP contribution in [0.25, 0.3) is 0 Å². The number of aromatic nitrogens is 1. The fourth-order valence-electron chi connectivity index (χ4n) is 2.92. The molecule has 0 radical (unpaired) electrons. The second-order valence-corrected chi connectivity index (χ2v) is 8.93. The molecular formula is C18H19F2N5O4S. The van der Waals surface area contributed by atoms with Crippen LogP contribution in [0.1, 0.15) is 15.9 Å². The average molecular weight is 439 g/mol. The van der Waals surface area contributed by atoms with Crippen molar-refractivity contribution in [1.82, 2.24) is 15.3 Å². The standard InChI is InChI=1S/C18H19F2N5O4S/c19-14-3-4-16(22-10-14)25(18(27)24-5-7-30(28,29)8-6-24)11-13-2-1-12(9-15(13)20)17(26)23-21/h1-4,9-10H,5-8,11,21H2,(H,23,26). The fraction of sp³-hybridized carbons (Fsp3) is 0.278. The van der Waals surface area contributed by atoms with Crippen LogP contribution in [0.5, 0.6) is 0 Å². The van der Waals surface area contributed by atoms with Crippen molar-refractivity contribution >= 4 is 27.6 Å². The number of carbonyl (C=O) groups is 2. The molecule has 2 heterocycles. The Morgan fingerprint density at radius 1 is 1.17 bits per heavy atom. The first-order valence-corrected chi connectivity index (χ1v) is 10.7. The van der Waals surface area contributed by atoms with Crippen molar-refractivity contribution in [3.8, 4) is 0 Å². The van der Waals surface area contributed by atoms with Crippen molar-refractivity contribution in [1.29, 1.82) is 0 Å². The number of pyridine rings is 1. The quantitative estimate of drug-likeness (QED) is 0.413.